The summed E-state index contributed by atoms with van der Waals surface area (Å²) in [5, 5.41) is 11.5. The normalized spacial score (nSPS) is 11.1. The van der Waals surface area contributed by atoms with Gasteiger partial charge < -0.3 is 0 Å². The lowest BCUT2D eigenvalue weighted by molar-refractivity contribution is 0.990. The summed E-state index contributed by atoms with van der Waals surface area (Å²) >= 11 is 7.34. The number of pyridine rings is 1. The lowest BCUT2D eigenvalue weighted by Crippen LogP contribution is -1.87. The van der Waals surface area contributed by atoms with Crippen LogP contribution in [0, 0.1) is 6.92 Å². The molecule has 2 aromatic heterocycles. The van der Waals surface area contributed by atoms with Crippen molar-refractivity contribution in [3.8, 4) is 10.6 Å². The molecule has 1 aromatic carbocycles. The average Bonchev–Trinajstić information content (AvgIpc) is 2.86. The van der Waals surface area contributed by atoms with Crippen molar-refractivity contribution in [2.75, 3.05) is 5.88 Å². The van der Waals surface area contributed by atoms with Gasteiger partial charge >= 0.3 is 0 Å². The molecule has 0 amide bonds. The molecule has 0 atom stereocenters. The summed E-state index contributed by atoms with van der Waals surface area (Å²) in [6, 6.07) is 10.2. The third-order valence-electron chi connectivity index (χ3n) is 2.85. The van der Waals surface area contributed by atoms with Crippen LogP contribution < -0.4 is 0 Å². The van der Waals surface area contributed by atoms with Gasteiger partial charge in [-0.3, -0.25) is 4.98 Å². The lowest BCUT2D eigenvalue weighted by Gasteiger charge is -2.04. The number of hydrogen-bond acceptors (Lipinski definition) is 4. The number of para-hydroxylation sites is 1. The summed E-state index contributed by atoms with van der Waals surface area (Å²) in [5.41, 5.74) is 3.08. The highest BCUT2D eigenvalue weighted by Crippen LogP contribution is 2.30. The minimum absolute atomic E-state index is 0.574. The first-order valence-electron chi connectivity index (χ1n) is 6.03. The first-order chi connectivity index (χ1) is 9.28. The molecule has 3 aromatic rings. The van der Waals surface area contributed by atoms with Crippen LogP contribution in [0.25, 0.3) is 21.5 Å². The van der Waals surface area contributed by atoms with Gasteiger partial charge in [0.1, 0.15) is 10.0 Å². The fourth-order valence-corrected chi connectivity index (χ4v) is 3.19. The molecule has 3 rings (SSSR count). The number of nitrogens with zero attached hydrogens (tertiary/aromatic N) is 3. The minimum Gasteiger partial charge on any atom is -0.253 e. The van der Waals surface area contributed by atoms with Crippen molar-refractivity contribution in [1.82, 2.24) is 15.2 Å². The van der Waals surface area contributed by atoms with Gasteiger partial charge in [0.15, 0.2) is 0 Å². The number of benzene rings is 1. The molecule has 0 unspecified atom stereocenters. The predicted molar refractivity (Wildman–Crippen MR) is 79.8 cm³/mol. The van der Waals surface area contributed by atoms with E-state index in [-0.39, 0.29) is 0 Å². The van der Waals surface area contributed by atoms with Crippen LogP contribution in [0.15, 0.2) is 30.3 Å². The molecule has 2 heterocycles. The van der Waals surface area contributed by atoms with Crippen molar-refractivity contribution in [1.29, 1.82) is 0 Å². The van der Waals surface area contributed by atoms with E-state index in [1.165, 1.54) is 0 Å². The van der Waals surface area contributed by atoms with E-state index in [1.54, 1.807) is 11.3 Å². The summed E-state index contributed by atoms with van der Waals surface area (Å²) in [4.78, 5) is 4.54. The molecule has 0 aliphatic carbocycles. The average molecular weight is 290 g/mol. The van der Waals surface area contributed by atoms with E-state index in [4.69, 9.17) is 11.6 Å². The number of alkyl halides is 1. The van der Waals surface area contributed by atoms with Crippen LogP contribution >= 0.6 is 22.9 Å². The van der Waals surface area contributed by atoms with E-state index >= 15 is 0 Å². The Hall–Kier alpha value is -1.52. The van der Waals surface area contributed by atoms with Gasteiger partial charge in [-0.2, -0.15) is 0 Å². The molecule has 0 aliphatic rings. The van der Waals surface area contributed by atoms with Gasteiger partial charge in [-0.25, -0.2) is 0 Å². The largest absolute Gasteiger partial charge is 0.253 e. The Kier molecular flexibility index (Phi) is 3.44. The third kappa shape index (κ3) is 2.46. The van der Waals surface area contributed by atoms with Crippen LogP contribution in [0.2, 0.25) is 0 Å². The summed E-state index contributed by atoms with van der Waals surface area (Å²) in [5.74, 6) is 0.574. The first kappa shape index (κ1) is 12.5. The molecule has 0 N–H and O–H groups in total. The summed E-state index contributed by atoms with van der Waals surface area (Å²) in [7, 11) is 0. The summed E-state index contributed by atoms with van der Waals surface area (Å²) in [6.45, 7) is 2.00. The van der Waals surface area contributed by atoms with Gasteiger partial charge in [-0.1, -0.05) is 29.5 Å². The third-order valence-corrected chi connectivity index (χ3v) is 4.06. The van der Waals surface area contributed by atoms with E-state index < -0.39 is 0 Å². The Balaban J connectivity index is 2.17. The monoisotopic (exact) mass is 289 g/mol. The Morgan fingerprint density at radius 2 is 2.05 bits per heavy atom. The highest BCUT2D eigenvalue weighted by molar-refractivity contribution is 7.14. The number of hydrogen-bond donors (Lipinski definition) is 0. The second-order valence-corrected chi connectivity index (χ2v) is 5.71. The van der Waals surface area contributed by atoms with Gasteiger partial charge in [0.25, 0.3) is 0 Å². The summed E-state index contributed by atoms with van der Waals surface area (Å²) < 4.78 is 0. The van der Waals surface area contributed by atoms with Crippen LogP contribution in [-0.4, -0.2) is 21.1 Å². The van der Waals surface area contributed by atoms with Gasteiger partial charge in [0.2, 0.25) is 0 Å². The molecular formula is C14H12ClN3S. The minimum atomic E-state index is 0.574. The Morgan fingerprint density at radius 1 is 1.21 bits per heavy atom. The van der Waals surface area contributed by atoms with Crippen molar-refractivity contribution < 1.29 is 0 Å². The second-order valence-electron chi connectivity index (χ2n) is 4.27. The number of aryl methyl sites for hydroxylation is 2. The van der Waals surface area contributed by atoms with E-state index in [0.717, 1.165) is 38.6 Å². The fourth-order valence-electron chi connectivity index (χ4n) is 2.03. The zero-order valence-electron chi connectivity index (χ0n) is 10.4. The molecule has 0 aliphatic heterocycles. The SMILES string of the molecule is Cc1cc(-c2nnc(CCCl)s2)c2ccccc2n1. The van der Waals surface area contributed by atoms with Crippen molar-refractivity contribution in [2.24, 2.45) is 0 Å². The van der Waals surface area contributed by atoms with Gasteiger partial charge in [-0.15, -0.1) is 21.8 Å². The van der Waals surface area contributed by atoms with Crippen molar-refractivity contribution in [3.05, 3.63) is 41.0 Å². The zero-order valence-corrected chi connectivity index (χ0v) is 12.0. The molecule has 96 valence electrons. The number of fused-ring (bicyclic) bond motifs is 1. The van der Waals surface area contributed by atoms with Crippen LogP contribution in [0.3, 0.4) is 0 Å². The van der Waals surface area contributed by atoms with Crippen molar-refractivity contribution in [2.45, 2.75) is 13.3 Å². The van der Waals surface area contributed by atoms with Crippen LogP contribution in [0.5, 0.6) is 0 Å². The highest BCUT2D eigenvalue weighted by atomic mass is 35.5. The number of rotatable bonds is 3. The van der Waals surface area contributed by atoms with E-state index in [0.29, 0.717) is 5.88 Å². The number of halogens is 1. The Labute approximate surface area is 120 Å². The molecule has 19 heavy (non-hydrogen) atoms. The maximum Gasteiger partial charge on any atom is 0.148 e. The Bertz CT molecular complexity index is 724. The first-order valence-corrected chi connectivity index (χ1v) is 7.38. The highest BCUT2D eigenvalue weighted by Gasteiger charge is 2.11. The maximum absolute atomic E-state index is 5.74. The molecule has 0 spiro atoms. The second kappa shape index (κ2) is 5.23. The van der Waals surface area contributed by atoms with Crippen LogP contribution in [-0.2, 0) is 6.42 Å². The molecule has 0 saturated heterocycles. The van der Waals surface area contributed by atoms with E-state index in [2.05, 4.69) is 27.3 Å². The van der Waals surface area contributed by atoms with Crippen LogP contribution in [0.1, 0.15) is 10.7 Å². The molecule has 0 saturated carbocycles. The Morgan fingerprint density at radius 3 is 2.89 bits per heavy atom. The van der Waals surface area contributed by atoms with Gasteiger partial charge in [-0.05, 0) is 19.1 Å². The van der Waals surface area contributed by atoms with E-state index in [9.17, 15) is 0 Å². The molecular weight excluding hydrogens is 278 g/mol. The molecule has 3 nitrogen and oxygen atoms in total. The molecule has 0 fully saturated rings. The molecule has 5 heteroatoms. The fraction of sp³-hybridized carbons (Fsp3) is 0.214. The smallest absolute Gasteiger partial charge is 0.148 e. The maximum atomic E-state index is 5.74. The van der Waals surface area contributed by atoms with Crippen molar-refractivity contribution in [3.63, 3.8) is 0 Å². The summed E-state index contributed by atoms with van der Waals surface area (Å²) in [6.07, 6.45) is 0.765. The van der Waals surface area contributed by atoms with Gasteiger partial charge in [0, 0.05) is 28.9 Å². The van der Waals surface area contributed by atoms with E-state index in [1.807, 2.05) is 25.1 Å². The topological polar surface area (TPSA) is 38.7 Å². The lowest BCUT2D eigenvalue weighted by atomic mass is 10.1. The molecule has 0 radical (unpaired) electrons. The predicted octanol–water partition coefficient (Wildman–Crippen LogP) is 3.84. The van der Waals surface area contributed by atoms with Crippen molar-refractivity contribution >= 4 is 33.8 Å². The van der Waals surface area contributed by atoms with Gasteiger partial charge in [0.05, 0.1) is 5.52 Å². The molecule has 0 bridgehead atoms. The standard InChI is InChI=1S/C14H12ClN3S/c1-9-8-11(10-4-2-3-5-12(10)16-9)14-18-17-13(19-14)6-7-15/h2-5,8H,6-7H2,1H3. The quantitative estimate of drug-likeness (QED) is 0.688. The van der Waals surface area contributed by atoms with Crippen LogP contribution in [0.4, 0.5) is 0 Å². The number of aromatic nitrogens is 3. The zero-order chi connectivity index (χ0) is 13.2.